The molecule has 3 amide bonds. The van der Waals surface area contributed by atoms with Gasteiger partial charge in [-0.3, -0.25) is 4.79 Å². The van der Waals surface area contributed by atoms with Crippen LogP contribution >= 0.6 is 0 Å². The number of hydrogen-bond donors (Lipinski definition) is 1. The maximum Gasteiger partial charge on any atom is 0.320 e. The lowest BCUT2D eigenvalue weighted by molar-refractivity contribution is 0.102. The highest BCUT2D eigenvalue weighted by Crippen LogP contribution is 2.25. The van der Waals surface area contributed by atoms with Crippen molar-refractivity contribution in [1.82, 2.24) is 14.8 Å². The number of urea groups is 1. The number of aromatic nitrogens is 1. The maximum atomic E-state index is 14.8. The Labute approximate surface area is 211 Å². The predicted octanol–water partition coefficient (Wildman–Crippen LogP) is 5.03. The van der Waals surface area contributed by atoms with Crippen LogP contribution in [0.5, 0.6) is 0 Å². The largest absolute Gasteiger partial charge is 0.325 e. The molecule has 190 valence electrons. The van der Waals surface area contributed by atoms with Gasteiger partial charge in [0, 0.05) is 32.4 Å². The Kier molecular flexibility index (Phi) is 8.76. The van der Waals surface area contributed by atoms with Crippen molar-refractivity contribution in [3.05, 3.63) is 58.5 Å². The van der Waals surface area contributed by atoms with E-state index in [4.69, 9.17) is 0 Å². The van der Waals surface area contributed by atoms with Crippen LogP contribution in [0.2, 0.25) is 0 Å². The van der Waals surface area contributed by atoms with Crippen LogP contribution in [-0.4, -0.2) is 58.8 Å². The Morgan fingerprint density at radius 1 is 1.08 bits per heavy atom. The molecule has 1 fully saturated rings. The summed E-state index contributed by atoms with van der Waals surface area (Å²) in [6.07, 6.45) is 10.1. The predicted molar refractivity (Wildman–Crippen MR) is 139 cm³/mol. The second-order valence-corrected chi connectivity index (χ2v) is 9.19. The molecule has 4 rings (SSSR count). The lowest BCUT2D eigenvalue weighted by Gasteiger charge is -2.35. The minimum absolute atomic E-state index is 0.0213. The first-order valence-corrected chi connectivity index (χ1v) is 12.7. The minimum atomic E-state index is -0.589. The molecule has 0 aliphatic carbocycles. The summed E-state index contributed by atoms with van der Waals surface area (Å²) < 4.78 is 14.8. The van der Waals surface area contributed by atoms with E-state index in [1.54, 1.807) is 35.4 Å². The number of nitrogens with one attached hydrogen (secondary N) is 1. The van der Waals surface area contributed by atoms with Crippen molar-refractivity contribution in [2.45, 2.75) is 58.4 Å². The standard InChI is InChI=1S/C27H33FN6O2/c1-2-3-5-12-29-30-18-22-9-8-10-25(31-22)32-26(35)23-16-21-19-34(15-11-20(21)17-24(23)28)27(36)33-13-6-4-7-14-33/h8-10,12,16-18H,2-7,11,13-15,19H2,1H3,(H,31,32,35)/b29-12+,30-18+. The zero-order valence-electron chi connectivity index (χ0n) is 20.8. The third-order valence-electron chi connectivity index (χ3n) is 6.48. The van der Waals surface area contributed by atoms with Gasteiger partial charge < -0.3 is 15.1 Å². The SMILES string of the molecule is CCCC/C=N/N=C/c1cccc(NC(=O)c2cc3c(cc2F)CCN(C(=O)N2CCCCC2)C3)n1. The molecule has 0 spiro atoms. The maximum absolute atomic E-state index is 14.8. The van der Waals surface area contributed by atoms with E-state index in [1.165, 1.54) is 12.3 Å². The van der Waals surface area contributed by atoms with Gasteiger partial charge in [0.05, 0.1) is 17.5 Å². The van der Waals surface area contributed by atoms with Crippen molar-refractivity contribution in [3.8, 4) is 0 Å². The number of nitrogens with zero attached hydrogens (tertiary/aromatic N) is 5. The van der Waals surface area contributed by atoms with Gasteiger partial charge >= 0.3 is 6.03 Å². The number of amides is 3. The molecule has 0 atom stereocenters. The van der Waals surface area contributed by atoms with Crippen LogP contribution < -0.4 is 5.32 Å². The average molecular weight is 493 g/mol. The van der Waals surface area contributed by atoms with Gasteiger partial charge in [0.25, 0.3) is 5.91 Å². The summed E-state index contributed by atoms with van der Waals surface area (Å²) >= 11 is 0. The number of carbonyl (C=O) groups excluding carboxylic acids is 2. The van der Waals surface area contributed by atoms with Crippen LogP contribution in [-0.2, 0) is 13.0 Å². The Hall–Kier alpha value is -3.62. The number of pyridine rings is 1. The highest BCUT2D eigenvalue weighted by atomic mass is 19.1. The lowest BCUT2D eigenvalue weighted by Crippen LogP contribution is -2.47. The van der Waals surface area contributed by atoms with Crippen LogP contribution in [0.1, 0.15) is 72.6 Å². The molecule has 2 aliphatic rings. The molecule has 1 aromatic heterocycles. The van der Waals surface area contributed by atoms with Gasteiger partial charge in [-0.25, -0.2) is 14.2 Å². The summed E-state index contributed by atoms with van der Waals surface area (Å²) in [5.41, 5.74) is 2.09. The molecular formula is C27H33FN6O2. The first-order valence-electron chi connectivity index (χ1n) is 12.7. The molecule has 2 aromatic rings. The number of halogens is 1. The fourth-order valence-corrected chi connectivity index (χ4v) is 4.47. The number of anilines is 1. The fraction of sp³-hybridized carbons (Fsp3) is 0.444. The average Bonchev–Trinajstić information content (AvgIpc) is 2.90. The van der Waals surface area contributed by atoms with Crippen LogP contribution in [0.4, 0.5) is 15.0 Å². The first kappa shape index (κ1) is 25.5. The Bertz CT molecular complexity index is 1140. The zero-order valence-corrected chi connectivity index (χ0v) is 20.8. The molecule has 8 nitrogen and oxygen atoms in total. The zero-order chi connectivity index (χ0) is 25.3. The highest BCUT2D eigenvalue weighted by Gasteiger charge is 2.27. The van der Waals surface area contributed by atoms with Crippen molar-refractivity contribution >= 4 is 30.2 Å². The van der Waals surface area contributed by atoms with Crippen molar-refractivity contribution in [2.24, 2.45) is 10.2 Å². The summed E-state index contributed by atoms with van der Waals surface area (Å²) in [6.45, 7) is 4.59. The molecule has 1 N–H and O–H groups in total. The number of unbranched alkanes of at least 4 members (excludes halogenated alkanes) is 2. The van der Waals surface area contributed by atoms with Crippen LogP contribution in [0.3, 0.4) is 0 Å². The van der Waals surface area contributed by atoms with E-state index in [0.717, 1.165) is 62.7 Å². The summed E-state index contributed by atoms with van der Waals surface area (Å²) in [6, 6.07) is 8.11. The lowest BCUT2D eigenvalue weighted by atomic mass is 9.96. The van der Waals surface area contributed by atoms with E-state index < -0.39 is 11.7 Å². The van der Waals surface area contributed by atoms with Crippen LogP contribution in [0.25, 0.3) is 0 Å². The molecule has 0 radical (unpaired) electrons. The Morgan fingerprint density at radius 3 is 2.72 bits per heavy atom. The summed E-state index contributed by atoms with van der Waals surface area (Å²) in [5.74, 6) is -0.881. The van der Waals surface area contributed by atoms with Gasteiger partial charge in [-0.15, -0.1) is 0 Å². The summed E-state index contributed by atoms with van der Waals surface area (Å²) in [7, 11) is 0. The number of rotatable bonds is 7. The van der Waals surface area contributed by atoms with Gasteiger partial charge in [-0.05, 0) is 73.9 Å². The highest BCUT2D eigenvalue weighted by molar-refractivity contribution is 6.04. The van der Waals surface area contributed by atoms with Gasteiger partial charge in [0.1, 0.15) is 11.6 Å². The molecule has 0 unspecified atom stereocenters. The summed E-state index contributed by atoms with van der Waals surface area (Å²) in [4.78, 5) is 33.9. The smallest absolute Gasteiger partial charge is 0.320 e. The topological polar surface area (TPSA) is 90.3 Å². The third-order valence-corrected chi connectivity index (χ3v) is 6.48. The molecular weight excluding hydrogens is 459 g/mol. The monoisotopic (exact) mass is 492 g/mol. The van der Waals surface area contributed by atoms with Gasteiger partial charge in [0.15, 0.2) is 0 Å². The minimum Gasteiger partial charge on any atom is -0.325 e. The molecule has 2 aliphatic heterocycles. The van der Waals surface area contributed by atoms with Crippen LogP contribution in [0, 0.1) is 5.82 Å². The van der Waals surface area contributed by atoms with E-state index >= 15 is 0 Å². The molecule has 3 heterocycles. The van der Waals surface area contributed by atoms with E-state index in [0.29, 0.717) is 25.2 Å². The van der Waals surface area contributed by atoms with Gasteiger partial charge in [-0.2, -0.15) is 10.2 Å². The number of fused-ring (bicyclic) bond motifs is 1. The van der Waals surface area contributed by atoms with E-state index in [2.05, 4.69) is 27.4 Å². The number of hydrogen-bond acceptors (Lipinski definition) is 5. The Balaban J connectivity index is 1.42. The first-order chi connectivity index (χ1) is 17.5. The van der Waals surface area contributed by atoms with Crippen molar-refractivity contribution in [1.29, 1.82) is 0 Å². The van der Waals surface area contributed by atoms with Gasteiger partial charge in [-0.1, -0.05) is 19.4 Å². The third kappa shape index (κ3) is 6.53. The van der Waals surface area contributed by atoms with Crippen molar-refractivity contribution in [3.63, 3.8) is 0 Å². The molecule has 0 saturated carbocycles. The summed E-state index contributed by atoms with van der Waals surface area (Å²) in [5, 5.41) is 10.6. The second-order valence-electron chi connectivity index (χ2n) is 9.19. The second kappa shape index (κ2) is 12.4. The van der Waals surface area contributed by atoms with Crippen LogP contribution in [0.15, 0.2) is 40.5 Å². The van der Waals surface area contributed by atoms with Gasteiger partial charge in [0.2, 0.25) is 0 Å². The van der Waals surface area contributed by atoms with E-state index in [9.17, 15) is 14.0 Å². The number of benzene rings is 1. The molecule has 1 aromatic carbocycles. The van der Waals surface area contributed by atoms with Crippen molar-refractivity contribution < 1.29 is 14.0 Å². The molecule has 36 heavy (non-hydrogen) atoms. The number of piperidine rings is 1. The van der Waals surface area contributed by atoms with Crippen molar-refractivity contribution in [2.75, 3.05) is 25.0 Å². The van der Waals surface area contributed by atoms with E-state index in [-0.39, 0.29) is 17.4 Å². The number of carbonyl (C=O) groups is 2. The molecule has 0 bridgehead atoms. The fourth-order valence-electron chi connectivity index (χ4n) is 4.47. The normalized spacial score (nSPS) is 15.9. The van der Waals surface area contributed by atoms with E-state index in [1.807, 2.05) is 4.90 Å². The quantitative estimate of drug-likeness (QED) is 0.334. The Morgan fingerprint density at radius 2 is 1.92 bits per heavy atom. The number of likely N-dealkylation sites (tertiary alicyclic amines) is 1. The molecule has 9 heteroatoms. The molecule has 1 saturated heterocycles.